The predicted octanol–water partition coefficient (Wildman–Crippen LogP) is 14.3. The minimum atomic E-state index is -1.69. The van der Waals surface area contributed by atoms with Gasteiger partial charge in [-0.15, -0.1) is 0 Å². The second-order valence-corrected chi connectivity index (χ2v) is 24.0. The average Bonchev–Trinajstić information content (AvgIpc) is 3.36. The number of hydrogen-bond acceptors (Lipinski definition) is 9. The van der Waals surface area contributed by atoms with Gasteiger partial charge in [0.2, 0.25) is 0 Å². The number of rotatable bonds is 54. The Hall–Kier alpha value is -1.46. The van der Waals surface area contributed by atoms with Crippen LogP contribution in [-0.4, -0.2) is 97.1 Å². The fourth-order valence-corrected chi connectivity index (χ4v) is 10.8. The van der Waals surface area contributed by atoms with Crippen LogP contribution in [0.5, 0.6) is 0 Å². The largest absolute Gasteiger partial charge is 1.00 e. The smallest absolute Gasteiger partial charge is 0.306 e. The SMILES string of the molecule is CCCCCCCCCCCCCCCCCC(=O)OC(C[N+](C)(C)C)[C@H]1O[C@@H](O)[C@H](OC(=O)CCCCCCCCCCCCCCCCC)[C@@H](OC(=O)CCCCCCCCCCCCCCCCC)[C@@H]1O.[Cl-]. The number of aliphatic hydroxyl groups is 2. The Morgan fingerprint density at radius 1 is 0.387 bits per heavy atom. The highest BCUT2D eigenvalue weighted by atomic mass is 35.5. The number of aliphatic hydroxyl groups excluding tert-OH is 2. The van der Waals surface area contributed by atoms with Gasteiger partial charge in [0.05, 0.1) is 21.1 Å². The second-order valence-electron chi connectivity index (χ2n) is 24.0. The van der Waals surface area contributed by atoms with Crippen LogP contribution < -0.4 is 12.4 Å². The number of carbonyl (C=O) groups excluding carboxylic acids is 3. The van der Waals surface area contributed by atoms with Gasteiger partial charge in [0.25, 0.3) is 0 Å². The van der Waals surface area contributed by atoms with Crippen molar-refractivity contribution in [3.05, 3.63) is 0 Å². The zero-order chi connectivity index (χ0) is 54.2. The molecule has 0 aromatic rings. The van der Waals surface area contributed by atoms with Crippen LogP contribution in [0.3, 0.4) is 0 Å². The number of carbonyl (C=O) groups is 3. The molecule has 1 heterocycles. The summed E-state index contributed by atoms with van der Waals surface area (Å²) < 4.78 is 24.3. The van der Waals surface area contributed by atoms with Crippen LogP contribution in [0.25, 0.3) is 0 Å². The molecule has 1 aliphatic rings. The van der Waals surface area contributed by atoms with Crippen molar-refractivity contribution in [3.8, 4) is 0 Å². The summed E-state index contributed by atoms with van der Waals surface area (Å²) in [6, 6.07) is 0. The first kappa shape index (κ1) is 73.5. The molecule has 1 aliphatic heterocycles. The van der Waals surface area contributed by atoms with E-state index in [1.54, 1.807) is 0 Å². The normalized spacial score (nSPS) is 18.2. The number of esters is 3. The molecule has 1 unspecified atom stereocenters. The van der Waals surface area contributed by atoms with Gasteiger partial charge < -0.3 is 46.1 Å². The standard InChI is InChI=1S/C64H124NO9.ClH/c1-7-10-13-16-19-22-25-28-31-34-37-40-43-46-49-52-57(66)71-56(55-65(4,5)6)61-60(69)62(72-58(67)53-50-47-44-41-38-35-32-29-26-23-20-17-14-11-8-2)63(64(70)74-61)73-59(68)54-51-48-45-42-39-36-33-30-27-24-21-18-15-12-9-3;/h56,60-64,69-70H,7-55H2,1-6H3;1H/q+1;/p-1/t56?,60-,61-,62+,63-,64-;/m1./s1. The first-order valence-electron chi connectivity index (χ1n) is 32.3. The van der Waals surface area contributed by atoms with E-state index in [1.165, 1.54) is 218 Å². The minimum absolute atomic E-state index is 0. The van der Waals surface area contributed by atoms with Gasteiger partial charge in [-0.25, -0.2) is 0 Å². The quantitative estimate of drug-likeness (QED) is 0.0265. The topological polar surface area (TPSA) is 129 Å². The van der Waals surface area contributed by atoms with Crippen molar-refractivity contribution in [2.75, 3.05) is 27.7 Å². The summed E-state index contributed by atoms with van der Waals surface area (Å²) in [6.45, 7) is 7.07. The van der Waals surface area contributed by atoms with Crippen molar-refractivity contribution in [1.82, 2.24) is 0 Å². The molecule has 75 heavy (non-hydrogen) atoms. The van der Waals surface area contributed by atoms with E-state index in [2.05, 4.69) is 20.8 Å². The maximum atomic E-state index is 13.5. The third kappa shape index (κ3) is 44.0. The molecule has 6 atom stereocenters. The molecule has 0 aromatic carbocycles. The molecule has 1 saturated heterocycles. The Kier molecular flexibility index (Phi) is 50.9. The number of ether oxygens (including phenoxy) is 4. The average molecular weight is 1090 g/mol. The van der Waals surface area contributed by atoms with E-state index in [1.807, 2.05) is 21.1 Å². The lowest BCUT2D eigenvalue weighted by Gasteiger charge is -2.44. The summed E-state index contributed by atoms with van der Waals surface area (Å²) in [4.78, 5) is 40.2. The van der Waals surface area contributed by atoms with Crippen molar-refractivity contribution >= 4 is 17.9 Å². The maximum Gasteiger partial charge on any atom is 0.306 e. The Morgan fingerprint density at radius 3 is 0.893 bits per heavy atom. The van der Waals surface area contributed by atoms with E-state index in [-0.39, 0.29) is 44.2 Å². The van der Waals surface area contributed by atoms with Crippen molar-refractivity contribution in [1.29, 1.82) is 0 Å². The Labute approximate surface area is 469 Å². The zero-order valence-electron chi connectivity index (χ0n) is 50.2. The summed E-state index contributed by atoms with van der Waals surface area (Å²) in [5.74, 6) is -1.44. The molecule has 0 radical (unpaired) electrons. The van der Waals surface area contributed by atoms with Gasteiger partial charge in [-0.3, -0.25) is 14.4 Å². The number of unbranched alkanes of at least 4 members (excludes halogenated alkanes) is 42. The molecule has 1 fully saturated rings. The van der Waals surface area contributed by atoms with Gasteiger partial charge in [-0.05, 0) is 19.3 Å². The van der Waals surface area contributed by atoms with Crippen LogP contribution >= 0.6 is 0 Å². The molecule has 1 rings (SSSR count). The molecule has 11 heteroatoms. The first-order valence-corrected chi connectivity index (χ1v) is 32.3. The fourth-order valence-electron chi connectivity index (χ4n) is 10.8. The molecule has 10 nitrogen and oxygen atoms in total. The monoisotopic (exact) mass is 1090 g/mol. The third-order valence-corrected chi connectivity index (χ3v) is 15.4. The third-order valence-electron chi connectivity index (χ3n) is 15.4. The van der Waals surface area contributed by atoms with E-state index in [9.17, 15) is 24.6 Å². The number of halogens is 1. The zero-order valence-corrected chi connectivity index (χ0v) is 50.9. The lowest BCUT2D eigenvalue weighted by molar-refractivity contribution is -0.874. The fraction of sp³-hybridized carbons (Fsp3) is 0.953. The van der Waals surface area contributed by atoms with E-state index in [0.29, 0.717) is 23.7 Å². The summed E-state index contributed by atoms with van der Waals surface area (Å²) in [5.41, 5.74) is 0. The van der Waals surface area contributed by atoms with Gasteiger partial charge in [0, 0.05) is 19.3 Å². The summed E-state index contributed by atoms with van der Waals surface area (Å²) in [5, 5.41) is 23.5. The highest BCUT2D eigenvalue weighted by Gasteiger charge is 2.53. The van der Waals surface area contributed by atoms with Gasteiger partial charge in [0.15, 0.2) is 24.6 Å². The van der Waals surface area contributed by atoms with Crippen LogP contribution in [0, 0.1) is 0 Å². The van der Waals surface area contributed by atoms with Crippen molar-refractivity contribution in [2.24, 2.45) is 0 Å². The van der Waals surface area contributed by atoms with Crippen LogP contribution in [0.1, 0.15) is 329 Å². The minimum Gasteiger partial charge on any atom is -1.00 e. The molecular weight excluding hydrogens is 962 g/mol. The van der Waals surface area contributed by atoms with Crippen molar-refractivity contribution in [3.63, 3.8) is 0 Å². The molecule has 0 saturated carbocycles. The van der Waals surface area contributed by atoms with E-state index < -0.39 is 48.7 Å². The summed E-state index contributed by atoms with van der Waals surface area (Å²) >= 11 is 0. The summed E-state index contributed by atoms with van der Waals surface area (Å²) in [6.07, 6.45) is 47.5. The molecule has 2 N–H and O–H groups in total. The molecule has 0 aromatic heterocycles. The van der Waals surface area contributed by atoms with Crippen molar-refractivity contribution in [2.45, 2.75) is 366 Å². The number of quaternary nitrogens is 1. The van der Waals surface area contributed by atoms with E-state index in [4.69, 9.17) is 18.9 Å². The van der Waals surface area contributed by atoms with Crippen LogP contribution in [-0.2, 0) is 33.3 Å². The molecular formula is C64H124ClNO9. The highest BCUT2D eigenvalue weighted by Crippen LogP contribution is 2.30. The molecule has 0 bridgehead atoms. The Bertz CT molecular complexity index is 1280. The lowest BCUT2D eigenvalue weighted by Crippen LogP contribution is -3.00. The van der Waals surface area contributed by atoms with Crippen LogP contribution in [0.15, 0.2) is 0 Å². The van der Waals surface area contributed by atoms with Gasteiger partial charge >= 0.3 is 17.9 Å². The highest BCUT2D eigenvalue weighted by molar-refractivity contribution is 5.71. The van der Waals surface area contributed by atoms with Gasteiger partial charge in [-0.2, -0.15) is 0 Å². The van der Waals surface area contributed by atoms with Crippen LogP contribution in [0.4, 0.5) is 0 Å². The van der Waals surface area contributed by atoms with Gasteiger partial charge in [-0.1, -0.05) is 290 Å². The van der Waals surface area contributed by atoms with E-state index >= 15 is 0 Å². The molecule has 0 aliphatic carbocycles. The number of nitrogens with zero attached hydrogens (tertiary/aromatic N) is 1. The Morgan fingerprint density at radius 2 is 0.627 bits per heavy atom. The molecule has 446 valence electrons. The van der Waals surface area contributed by atoms with E-state index in [0.717, 1.165) is 51.4 Å². The number of likely N-dealkylation sites (N-methyl/N-ethyl adjacent to an activating group) is 1. The molecule has 0 spiro atoms. The second kappa shape index (κ2) is 51.9. The van der Waals surface area contributed by atoms with Crippen LogP contribution in [0.2, 0.25) is 0 Å². The number of hydrogen-bond donors (Lipinski definition) is 2. The van der Waals surface area contributed by atoms with Crippen molar-refractivity contribution < 1.29 is 60.4 Å². The molecule has 0 amide bonds. The summed E-state index contributed by atoms with van der Waals surface area (Å²) in [7, 11) is 5.87. The Balaban J connectivity index is 0.0000548. The predicted molar refractivity (Wildman–Crippen MR) is 308 cm³/mol. The maximum absolute atomic E-state index is 13.5. The lowest BCUT2D eigenvalue weighted by atomic mass is 9.94. The van der Waals surface area contributed by atoms with Gasteiger partial charge in [0.1, 0.15) is 18.8 Å². The first-order chi connectivity index (χ1) is 35.9.